The molecule has 2 aromatic rings. The third kappa shape index (κ3) is 5.35. The van der Waals surface area contributed by atoms with E-state index in [1.54, 1.807) is 24.3 Å². The molecule has 0 radical (unpaired) electrons. The third-order valence-electron chi connectivity index (χ3n) is 3.34. The predicted molar refractivity (Wildman–Crippen MR) is 97.3 cm³/mol. The van der Waals surface area contributed by atoms with E-state index < -0.39 is 28.6 Å². The molecule has 0 fully saturated rings. The lowest BCUT2D eigenvalue weighted by Crippen LogP contribution is -2.42. The number of sulfonamides is 1. The molecule has 2 rings (SSSR count). The van der Waals surface area contributed by atoms with Crippen molar-refractivity contribution in [3.63, 3.8) is 0 Å². The van der Waals surface area contributed by atoms with Gasteiger partial charge in [-0.15, -0.1) is 0 Å². The number of amides is 1. The molecule has 0 spiro atoms. The SMILES string of the molecule is CS(=O)(=O)N(C[C@H](O)C(N)=O)c1ccc(Oc2ccc(SF)cc2)cc1. The fourth-order valence-electron chi connectivity index (χ4n) is 2.05. The lowest BCUT2D eigenvalue weighted by atomic mass is 10.2. The quantitative estimate of drug-likeness (QED) is 0.702. The van der Waals surface area contributed by atoms with E-state index in [1.807, 2.05) is 0 Å². The number of rotatable bonds is 8. The van der Waals surface area contributed by atoms with Gasteiger partial charge in [-0.1, -0.05) is 0 Å². The van der Waals surface area contributed by atoms with Gasteiger partial charge in [0.25, 0.3) is 0 Å². The van der Waals surface area contributed by atoms with E-state index in [1.165, 1.54) is 24.3 Å². The summed E-state index contributed by atoms with van der Waals surface area (Å²) in [5.41, 5.74) is 5.22. The van der Waals surface area contributed by atoms with Gasteiger partial charge >= 0.3 is 0 Å². The zero-order chi connectivity index (χ0) is 19.3. The van der Waals surface area contributed by atoms with Crippen molar-refractivity contribution >= 4 is 33.8 Å². The number of carbonyl (C=O) groups is 1. The highest BCUT2D eigenvalue weighted by Crippen LogP contribution is 2.27. The van der Waals surface area contributed by atoms with Gasteiger partial charge in [0.2, 0.25) is 15.9 Å². The summed E-state index contributed by atoms with van der Waals surface area (Å²) in [4.78, 5) is 11.5. The van der Waals surface area contributed by atoms with E-state index in [4.69, 9.17) is 10.5 Å². The smallest absolute Gasteiger partial charge is 0.248 e. The number of carbonyl (C=O) groups excluding carboxylic acids is 1. The predicted octanol–water partition coefficient (Wildman–Crippen LogP) is 2.07. The van der Waals surface area contributed by atoms with E-state index in [-0.39, 0.29) is 17.8 Å². The first kappa shape index (κ1) is 20.0. The van der Waals surface area contributed by atoms with Gasteiger partial charge in [-0.2, -0.15) is 3.89 Å². The highest BCUT2D eigenvalue weighted by Gasteiger charge is 2.23. The number of nitrogens with zero attached hydrogens (tertiary/aromatic N) is 1. The average molecular weight is 400 g/mol. The molecule has 2 aromatic carbocycles. The van der Waals surface area contributed by atoms with Gasteiger partial charge in [0.05, 0.1) is 30.6 Å². The van der Waals surface area contributed by atoms with E-state index >= 15 is 0 Å². The molecule has 140 valence electrons. The van der Waals surface area contributed by atoms with Crippen LogP contribution in [-0.2, 0) is 14.8 Å². The highest BCUT2D eigenvalue weighted by molar-refractivity contribution is 7.94. The number of nitrogens with two attached hydrogens (primary N) is 1. The second-order valence-corrected chi connectivity index (χ2v) is 7.89. The van der Waals surface area contributed by atoms with Gasteiger partial charge < -0.3 is 15.6 Å². The van der Waals surface area contributed by atoms with Crippen molar-refractivity contribution in [2.45, 2.75) is 11.0 Å². The Morgan fingerprint density at radius 2 is 1.69 bits per heavy atom. The van der Waals surface area contributed by atoms with Crippen LogP contribution in [0.15, 0.2) is 53.4 Å². The number of aliphatic hydroxyl groups excluding tert-OH is 1. The van der Waals surface area contributed by atoms with E-state index in [9.17, 15) is 22.2 Å². The van der Waals surface area contributed by atoms with Crippen LogP contribution in [0.4, 0.5) is 9.57 Å². The van der Waals surface area contributed by atoms with E-state index in [0.717, 1.165) is 10.6 Å². The van der Waals surface area contributed by atoms with Gasteiger partial charge in [0.1, 0.15) is 11.5 Å². The Balaban J connectivity index is 2.18. The molecule has 3 N–H and O–H groups in total. The Labute approximate surface area is 154 Å². The lowest BCUT2D eigenvalue weighted by Gasteiger charge is -2.24. The minimum absolute atomic E-state index is 0.127. The molecule has 1 atom stereocenters. The number of benzene rings is 2. The molecule has 26 heavy (non-hydrogen) atoms. The number of ether oxygens (including phenoxy) is 1. The van der Waals surface area contributed by atoms with Crippen LogP contribution in [0.25, 0.3) is 0 Å². The topological polar surface area (TPSA) is 110 Å². The van der Waals surface area contributed by atoms with Crippen LogP contribution in [0.2, 0.25) is 0 Å². The van der Waals surface area contributed by atoms with E-state index in [2.05, 4.69) is 0 Å². The van der Waals surface area contributed by atoms with Crippen molar-refractivity contribution in [3.8, 4) is 11.5 Å². The number of aliphatic hydroxyl groups is 1. The van der Waals surface area contributed by atoms with E-state index in [0.29, 0.717) is 16.4 Å². The van der Waals surface area contributed by atoms with Crippen molar-refractivity contribution in [1.29, 1.82) is 0 Å². The maximum atomic E-state index is 12.4. The summed E-state index contributed by atoms with van der Waals surface area (Å²) in [6, 6.07) is 12.3. The first-order valence-electron chi connectivity index (χ1n) is 7.32. The molecule has 0 aliphatic heterocycles. The Bertz CT molecular complexity index is 857. The third-order valence-corrected chi connectivity index (χ3v) is 4.95. The zero-order valence-corrected chi connectivity index (χ0v) is 15.3. The molecule has 0 saturated heterocycles. The van der Waals surface area contributed by atoms with Crippen LogP contribution in [0.3, 0.4) is 0 Å². The van der Waals surface area contributed by atoms with Crippen LogP contribution in [0, 0.1) is 0 Å². The van der Waals surface area contributed by atoms with Crippen molar-refractivity contribution in [3.05, 3.63) is 48.5 Å². The van der Waals surface area contributed by atoms with Gasteiger partial charge in [-0.05, 0) is 48.5 Å². The molecule has 0 bridgehead atoms. The number of hydrogen-bond acceptors (Lipinski definition) is 6. The Morgan fingerprint density at radius 1 is 1.19 bits per heavy atom. The Kier molecular flexibility index (Phi) is 6.46. The fourth-order valence-corrected chi connectivity index (χ4v) is 3.21. The Morgan fingerprint density at radius 3 is 2.12 bits per heavy atom. The van der Waals surface area contributed by atoms with Gasteiger partial charge in [0, 0.05) is 4.90 Å². The molecule has 0 aliphatic carbocycles. The highest BCUT2D eigenvalue weighted by atomic mass is 32.2. The molecule has 0 aromatic heterocycles. The van der Waals surface area contributed by atoms with Gasteiger partial charge in [-0.25, -0.2) is 8.42 Å². The summed E-state index contributed by atoms with van der Waals surface area (Å²) in [5.74, 6) is -0.105. The van der Waals surface area contributed by atoms with Crippen molar-refractivity contribution < 1.29 is 26.9 Å². The van der Waals surface area contributed by atoms with Crippen molar-refractivity contribution in [2.75, 3.05) is 17.1 Å². The normalized spacial score (nSPS) is 12.4. The monoisotopic (exact) mass is 400 g/mol. The summed E-state index contributed by atoms with van der Waals surface area (Å²) < 4.78 is 42.7. The summed E-state index contributed by atoms with van der Waals surface area (Å²) in [7, 11) is -3.74. The Hall–Kier alpha value is -2.30. The first-order valence-corrected chi connectivity index (χ1v) is 9.89. The second kappa shape index (κ2) is 8.39. The van der Waals surface area contributed by atoms with Crippen molar-refractivity contribution in [2.24, 2.45) is 5.73 Å². The van der Waals surface area contributed by atoms with Crippen LogP contribution >= 0.6 is 12.1 Å². The minimum Gasteiger partial charge on any atom is -0.457 e. The molecular formula is C16H17FN2O5S2. The second-order valence-electron chi connectivity index (χ2n) is 5.36. The number of hydrogen-bond donors (Lipinski definition) is 2. The molecule has 0 aliphatic rings. The van der Waals surface area contributed by atoms with Gasteiger partial charge in [-0.3, -0.25) is 9.10 Å². The van der Waals surface area contributed by atoms with Crippen LogP contribution in [0.5, 0.6) is 11.5 Å². The summed E-state index contributed by atoms with van der Waals surface area (Å²) in [6.45, 7) is -0.489. The summed E-state index contributed by atoms with van der Waals surface area (Å²) in [6.07, 6.45) is -0.678. The average Bonchev–Trinajstić information content (AvgIpc) is 2.60. The molecule has 0 heterocycles. The molecule has 7 nitrogen and oxygen atoms in total. The van der Waals surface area contributed by atoms with Crippen LogP contribution in [0.1, 0.15) is 0 Å². The molecule has 10 heteroatoms. The lowest BCUT2D eigenvalue weighted by molar-refractivity contribution is -0.125. The maximum absolute atomic E-state index is 12.4. The number of halogens is 1. The molecule has 1 amide bonds. The molecular weight excluding hydrogens is 383 g/mol. The maximum Gasteiger partial charge on any atom is 0.248 e. The van der Waals surface area contributed by atoms with Crippen LogP contribution < -0.4 is 14.8 Å². The fraction of sp³-hybridized carbons (Fsp3) is 0.188. The van der Waals surface area contributed by atoms with Crippen molar-refractivity contribution in [1.82, 2.24) is 0 Å². The standard InChI is InChI=1S/C16H17FN2O5S2/c1-26(22,23)19(10-15(20)16(18)21)11-2-4-12(5-3-11)24-13-6-8-14(25-17)9-7-13/h2-9,15,20H,10H2,1H3,(H2,18,21)/t15-/m0/s1. The first-order chi connectivity index (χ1) is 12.2. The summed E-state index contributed by atoms with van der Waals surface area (Å²) in [5, 5.41) is 9.58. The minimum atomic E-state index is -3.74. The van der Waals surface area contributed by atoms with Gasteiger partial charge in [0.15, 0.2) is 6.10 Å². The zero-order valence-electron chi connectivity index (χ0n) is 13.7. The summed E-state index contributed by atoms with van der Waals surface area (Å²) >= 11 is 0.127. The van der Waals surface area contributed by atoms with Crippen LogP contribution in [-0.4, -0.2) is 38.3 Å². The number of primary amides is 1. The molecule has 0 unspecified atom stereocenters. The largest absolute Gasteiger partial charge is 0.457 e. The number of anilines is 1. The molecule has 0 saturated carbocycles.